The van der Waals surface area contributed by atoms with Gasteiger partial charge in [-0.1, -0.05) is 12.1 Å². The van der Waals surface area contributed by atoms with Gasteiger partial charge in [-0.05, 0) is 59.2 Å². The molecule has 0 aliphatic carbocycles. The van der Waals surface area contributed by atoms with Gasteiger partial charge in [0.25, 0.3) is 5.91 Å². The maximum absolute atomic E-state index is 12.7. The number of esters is 1. The normalized spacial score (nSPS) is 17.4. The summed E-state index contributed by atoms with van der Waals surface area (Å²) in [6, 6.07) is 7.00. The Morgan fingerprint density at radius 1 is 1.04 bits per heavy atom. The van der Waals surface area contributed by atoms with Crippen molar-refractivity contribution in [2.24, 2.45) is 0 Å². The van der Waals surface area contributed by atoms with Crippen LogP contribution in [0.5, 0.6) is 5.75 Å². The van der Waals surface area contributed by atoms with Crippen LogP contribution >= 0.6 is 0 Å². The van der Waals surface area contributed by atoms with Crippen LogP contribution in [0.25, 0.3) is 0 Å². The van der Waals surface area contributed by atoms with E-state index in [1.807, 2.05) is 65.8 Å². The molecule has 1 atom stereocenters. The Morgan fingerprint density at radius 3 is 2.14 bits per heavy atom. The van der Waals surface area contributed by atoms with Crippen LogP contribution in [0.2, 0.25) is 0 Å². The molecule has 6 heteroatoms. The maximum atomic E-state index is 12.7. The van der Waals surface area contributed by atoms with Gasteiger partial charge in [0.05, 0.1) is 13.5 Å². The van der Waals surface area contributed by atoms with Gasteiger partial charge in [-0.3, -0.25) is 9.59 Å². The first-order chi connectivity index (χ1) is 12.9. The van der Waals surface area contributed by atoms with E-state index >= 15 is 0 Å². The van der Waals surface area contributed by atoms with E-state index in [9.17, 15) is 9.59 Å². The summed E-state index contributed by atoms with van der Waals surface area (Å²) in [6.45, 7) is 11.6. The van der Waals surface area contributed by atoms with Crippen LogP contribution in [-0.2, 0) is 25.6 Å². The number of ether oxygens (including phenoxy) is 3. The van der Waals surface area contributed by atoms with Crippen molar-refractivity contribution < 1.29 is 23.8 Å². The van der Waals surface area contributed by atoms with Crippen molar-refractivity contribution in [3.63, 3.8) is 0 Å². The van der Waals surface area contributed by atoms with Gasteiger partial charge in [0.1, 0.15) is 28.8 Å². The molecule has 0 aromatic heterocycles. The van der Waals surface area contributed by atoms with Crippen LogP contribution in [0.15, 0.2) is 36.1 Å². The fourth-order valence-corrected chi connectivity index (χ4v) is 2.93. The van der Waals surface area contributed by atoms with Crippen molar-refractivity contribution in [3.8, 4) is 5.75 Å². The van der Waals surface area contributed by atoms with Crippen LogP contribution in [0.4, 0.5) is 0 Å². The van der Waals surface area contributed by atoms with Crippen molar-refractivity contribution >= 4 is 11.9 Å². The van der Waals surface area contributed by atoms with Crippen molar-refractivity contribution in [1.82, 2.24) is 4.90 Å². The molecule has 0 unspecified atom stereocenters. The predicted molar refractivity (Wildman–Crippen MR) is 107 cm³/mol. The molecule has 1 aliphatic rings. The van der Waals surface area contributed by atoms with Gasteiger partial charge >= 0.3 is 5.97 Å². The molecule has 6 nitrogen and oxygen atoms in total. The molecule has 154 valence electrons. The highest BCUT2D eigenvalue weighted by molar-refractivity contribution is 5.92. The van der Waals surface area contributed by atoms with Crippen LogP contribution in [0.1, 0.15) is 53.5 Å². The van der Waals surface area contributed by atoms with Crippen LogP contribution in [0.3, 0.4) is 0 Å². The molecule has 0 saturated heterocycles. The minimum Gasteiger partial charge on any atom is -0.497 e. The highest BCUT2D eigenvalue weighted by Crippen LogP contribution is 2.30. The van der Waals surface area contributed by atoms with Gasteiger partial charge in [0.15, 0.2) is 0 Å². The first kappa shape index (κ1) is 21.8. The Hall–Kier alpha value is -2.50. The second-order valence-electron chi connectivity index (χ2n) is 8.88. The number of benzene rings is 1. The van der Waals surface area contributed by atoms with E-state index in [-0.39, 0.29) is 18.3 Å². The Kier molecular flexibility index (Phi) is 6.42. The Labute approximate surface area is 167 Å². The molecule has 0 N–H and O–H groups in total. The quantitative estimate of drug-likeness (QED) is 0.692. The zero-order valence-corrected chi connectivity index (χ0v) is 17.9. The highest BCUT2D eigenvalue weighted by Gasteiger charge is 2.38. The predicted octanol–water partition coefficient (Wildman–Crippen LogP) is 3.84. The standard InChI is InChI=1S/C22H31NO5/c1-21(2,3)27-18-13-19(24)23(14-15-8-10-16(26-7)11-9-15)17(18)12-20(25)28-22(4,5)6/h8-11,13,17H,12,14H2,1-7H3/t17-/m0/s1. The molecule has 1 amide bonds. The summed E-state index contributed by atoms with van der Waals surface area (Å²) in [5.74, 6) is 0.701. The lowest BCUT2D eigenvalue weighted by Crippen LogP contribution is -2.39. The summed E-state index contributed by atoms with van der Waals surface area (Å²) in [5, 5.41) is 0. The van der Waals surface area contributed by atoms with E-state index < -0.39 is 17.2 Å². The molecule has 0 saturated carbocycles. The lowest BCUT2D eigenvalue weighted by molar-refractivity contribution is -0.156. The lowest BCUT2D eigenvalue weighted by Gasteiger charge is -2.31. The van der Waals surface area contributed by atoms with Crippen LogP contribution in [-0.4, -0.2) is 41.1 Å². The van der Waals surface area contributed by atoms with Gasteiger partial charge in [-0.25, -0.2) is 0 Å². The number of hydrogen-bond donors (Lipinski definition) is 0. The molecule has 28 heavy (non-hydrogen) atoms. The summed E-state index contributed by atoms with van der Waals surface area (Å²) in [7, 11) is 1.61. The first-order valence-corrected chi connectivity index (χ1v) is 9.44. The second kappa shape index (κ2) is 8.25. The van der Waals surface area contributed by atoms with Crippen LogP contribution < -0.4 is 4.74 Å². The lowest BCUT2D eigenvalue weighted by atomic mass is 10.1. The van der Waals surface area contributed by atoms with Gasteiger partial charge in [-0.15, -0.1) is 0 Å². The van der Waals surface area contributed by atoms with Crippen molar-refractivity contribution in [3.05, 3.63) is 41.7 Å². The van der Waals surface area contributed by atoms with Gasteiger partial charge in [0.2, 0.25) is 0 Å². The average molecular weight is 389 g/mol. The first-order valence-electron chi connectivity index (χ1n) is 9.44. The zero-order valence-electron chi connectivity index (χ0n) is 17.9. The Bertz CT molecular complexity index is 738. The summed E-state index contributed by atoms with van der Waals surface area (Å²) < 4.78 is 16.6. The smallest absolute Gasteiger partial charge is 0.308 e. The SMILES string of the molecule is COc1ccc(CN2C(=O)C=C(OC(C)(C)C)[C@@H]2CC(=O)OC(C)(C)C)cc1. The Balaban J connectivity index is 2.22. The zero-order chi connectivity index (χ0) is 21.1. The van der Waals surface area contributed by atoms with E-state index in [0.29, 0.717) is 12.3 Å². The summed E-state index contributed by atoms with van der Waals surface area (Å²) in [4.78, 5) is 26.8. The number of methoxy groups -OCH3 is 1. The molecule has 1 aliphatic heterocycles. The summed E-state index contributed by atoms with van der Waals surface area (Å²) in [5.41, 5.74) is -0.127. The second-order valence-corrected chi connectivity index (χ2v) is 8.88. The molecular weight excluding hydrogens is 358 g/mol. The fraction of sp³-hybridized carbons (Fsp3) is 0.545. The topological polar surface area (TPSA) is 65.1 Å². The molecule has 0 fully saturated rings. The maximum Gasteiger partial charge on any atom is 0.308 e. The number of hydrogen-bond acceptors (Lipinski definition) is 5. The van der Waals surface area contributed by atoms with Gasteiger partial charge in [0, 0.05) is 12.6 Å². The van der Waals surface area contributed by atoms with Gasteiger partial charge < -0.3 is 19.1 Å². The largest absolute Gasteiger partial charge is 0.497 e. The van der Waals surface area contributed by atoms with Crippen molar-refractivity contribution in [1.29, 1.82) is 0 Å². The average Bonchev–Trinajstić information content (AvgIpc) is 2.80. The third-order valence-electron chi connectivity index (χ3n) is 3.97. The monoisotopic (exact) mass is 389 g/mol. The third kappa shape index (κ3) is 6.29. The molecule has 0 radical (unpaired) electrons. The van der Waals surface area contributed by atoms with E-state index in [0.717, 1.165) is 11.3 Å². The highest BCUT2D eigenvalue weighted by atomic mass is 16.6. The third-order valence-corrected chi connectivity index (χ3v) is 3.97. The molecule has 0 bridgehead atoms. The molecule has 1 heterocycles. The molecule has 0 spiro atoms. The van der Waals surface area contributed by atoms with Crippen LogP contribution in [0, 0.1) is 0 Å². The molecule has 2 rings (SSSR count). The van der Waals surface area contributed by atoms with Crippen molar-refractivity contribution in [2.45, 2.75) is 71.8 Å². The Morgan fingerprint density at radius 2 is 1.64 bits per heavy atom. The number of nitrogens with zero attached hydrogens (tertiary/aromatic N) is 1. The molecular formula is C22H31NO5. The molecule has 1 aromatic carbocycles. The fourth-order valence-electron chi connectivity index (χ4n) is 2.93. The van der Waals surface area contributed by atoms with E-state index in [1.54, 1.807) is 12.0 Å². The minimum absolute atomic E-state index is 0.0427. The summed E-state index contributed by atoms with van der Waals surface area (Å²) in [6.07, 6.45) is 1.52. The number of amides is 1. The molecule has 1 aromatic rings. The van der Waals surface area contributed by atoms with E-state index in [4.69, 9.17) is 14.2 Å². The van der Waals surface area contributed by atoms with Gasteiger partial charge in [-0.2, -0.15) is 0 Å². The number of carbonyl (C=O) groups excluding carboxylic acids is 2. The van der Waals surface area contributed by atoms with E-state index in [2.05, 4.69) is 0 Å². The summed E-state index contributed by atoms with van der Waals surface area (Å²) >= 11 is 0. The minimum atomic E-state index is -0.588. The number of carbonyl (C=O) groups is 2. The van der Waals surface area contributed by atoms with Crippen molar-refractivity contribution in [2.75, 3.05) is 7.11 Å². The van der Waals surface area contributed by atoms with E-state index in [1.165, 1.54) is 6.08 Å². The number of rotatable bonds is 6.